The Morgan fingerprint density at radius 3 is 2.32 bits per heavy atom. The molecule has 0 unspecified atom stereocenters. The molecule has 3 rings (SSSR count). The minimum absolute atomic E-state index is 0.239. The number of nitrogens with zero attached hydrogens (tertiary/aromatic N) is 3. The molecule has 1 saturated heterocycles. The quantitative estimate of drug-likeness (QED) is 0.807. The normalized spacial score (nSPS) is 15.3. The summed E-state index contributed by atoms with van der Waals surface area (Å²) in [5, 5.41) is 0. The van der Waals surface area contributed by atoms with Gasteiger partial charge in [-0.3, -0.25) is 0 Å². The first kappa shape index (κ1) is 17.5. The van der Waals surface area contributed by atoms with E-state index < -0.39 is 6.36 Å². The van der Waals surface area contributed by atoms with Crippen LogP contribution in [0.5, 0.6) is 5.75 Å². The molecular weight excluding hydrogens is 331 g/mol. The number of anilines is 1. The second-order valence-electron chi connectivity index (χ2n) is 6.00. The summed E-state index contributed by atoms with van der Waals surface area (Å²) >= 11 is 0. The van der Waals surface area contributed by atoms with Crippen LogP contribution >= 0.6 is 0 Å². The summed E-state index contributed by atoms with van der Waals surface area (Å²) in [6, 6.07) is 7.68. The van der Waals surface area contributed by atoms with Crippen LogP contribution in [-0.2, 0) is 6.42 Å². The maximum absolute atomic E-state index is 12.3. The fourth-order valence-corrected chi connectivity index (χ4v) is 2.90. The second-order valence-corrected chi connectivity index (χ2v) is 6.00. The van der Waals surface area contributed by atoms with Crippen LogP contribution in [0.2, 0.25) is 0 Å². The largest absolute Gasteiger partial charge is 0.573 e. The number of rotatable bonds is 4. The first-order valence-corrected chi connectivity index (χ1v) is 8.44. The highest BCUT2D eigenvalue weighted by molar-refractivity contribution is 5.63. The molecule has 134 valence electrons. The predicted molar refractivity (Wildman–Crippen MR) is 89.6 cm³/mol. The van der Waals surface area contributed by atoms with Gasteiger partial charge in [-0.2, -0.15) is 0 Å². The number of halogens is 3. The van der Waals surface area contributed by atoms with Gasteiger partial charge in [-0.25, -0.2) is 9.97 Å². The van der Waals surface area contributed by atoms with E-state index >= 15 is 0 Å². The molecule has 0 radical (unpaired) electrons. The van der Waals surface area contributed by atoms with Crippen LogP contribution in [0.1, 0.15) is 32.0 Å². The van der Waals surface area contributed by atoms with Crippen molar-refractivity contribution in [1.29, 1.82) is 0 Å². The molecule has 7 heteroatoms. The Balaban J connectivity index is 1.88. The molecule has 2 aromatic rings. The van der Waals surface area contributed by atoms with Gasteiger partial charge in [0.05, 0.1) is 5.69 Å². The number of hydrogen-bond donors (Lipinski definition) is 0. The number of benzene rings is 1. The van der Waals surface area contributed by atoms with Crippen molar-refractivity contribution in [1.82, 2.24) is 9.97 Å². The lowest BCUT2D eigenvalue weighted by Gasteiger charge is -2.28. The number of piperidine rings is 1. The smallest absolute Gasteiger partial charge is 0.406 e. The number of aromatic nitrogens is 2. The second kappa shape index (κ2) is 7.29. The first-order valence-electron chi connectivity index (χ1n) is 8.44. The van der Waals surface area contributed by atoms with Crippen LogP contribution in [0.25, 0.3) is 11.3 Å². The van der Waals surface area contributed by atoms with Gasteiger partial charge in [-0.15, -0.1) is 13.2 Å². The van der Waals surface area contributed by atoms with Crippen molar-refractivity contribution in [2.45, 2.75) is 39.0 Å². The first-order chi connectivity index (χ1) is 11.9. The Hall–Kier alpha value is -2.31. The van der Waals surface area contributed by atoms with Crippen molar-refractivity contribution in [2.24, 2.45) is 0 Å². The third kappa shape index (κ3) is 4.61. The van der Waals surface area contributed by atoms with Crippen molar-refractivity contribution < 1.29 is 17.9 Å². The molecule has 2 heterocycles. The van der Waals surface area contributed by atoms with E-state index in [0.29, 0.717) is 12.1 Å². The lowest BCUT2D eigenvalue weighted by molar-refractivity contribution is -0.274. The summed E-state index contributed by atoms with van der Waals surface area (Å²) in [6.45, 7) is 3.93. The van der Waals surface area contributed by atoms with Crippen molar-refractivity contribution in [3.05, 3.63) is 36.2 Å². The van der Waals surface area contributed by atoms with E-state index in [1.165, 1.54) is 18.6 Å². The number of hydrogen-bond acceptors (Lipinski definition) is 4. The van der Waals surface area contributed by atoms with Gasteiger partial charge in [0.2, 0.25) is 0 Å². The summed E-state index contributed by atoms with van der Waals surface area (Å²) in [7, 11) is 0. The predicted octanol–water partition coefficient (Wildman–Crippen LogP) is 4.59. The summed E-state index contributed by atoms with van der Waals surface area (Å²) in [6.07, 6.45) is -0.471. The van der Waals surface area contributed by atoms with Crippen molar-refractivity contribution in [3.8, 4) is 17.0 Å². The molecule has 1 aromatic carbocycles. The topological polar surface area (TPSA) is 38.2 Å². The van der Waals surface area contributed by atoms with E-state index in [-0.39, 0.29) is 5.75 Å². The molecule has 1 aromatic heterocycles. The monoisotopic (exact) mass is 351 g/mol. The maximum Gasteiger partial charge on any atom is 0.573 e. The number of aryl methyl sites for hydroxylation is 1. The molecule has 25 heavy (non-hydrogen) atoms. The summed E-state index contributed by atoms with van der Waals surface area (Å²) < 4.78 is 40.7. The van der Waals surface area contributed by atoms with E-state index in [9.17, 15) is 13.2 Å². The van der Waals surface area contributed by atoms with Gasteiger partial charge in [-0.05, 0) is 43.5 Å². The molecular formula is C18H20F3N3O. The summed E-state index contributed by atoms with van der Waals surface area (Å²) in [4.78, 5) is 11.4. The zero-order chi connectivity index (χ0) is 17.9. The Morgan fingerprint density at radius 1 is 1.04 bits per heavy atom. The summed E-state index contributed by atoms with van der Waals surface area (Å²) in [5.41, 5.74) is 1.45. The molecule has 1 fully saturated rings. The van der Waals surface area contributed by atoms with Gasteiger partial charge < -0.3 is 9.64 Å². The van der Waals surface area contributed by atoms with Crippen LogP contribution in [-0.4, -0.2) is 29.4 Å². The van der Waals surface area contributed by atoms with Crippen molar-refractivity contribution >= 4 is 5.82 Å². The highest BCUT2D eigenvalue weighted by Crippen LogP contribution is 2.28. The average Bonchev–Trinajstić information content (AvgIpc) is 2.61. The van der Waals surface area contributed by atoms with Gasteiger partial charge in [0.25, 0.3) is 0 Å². The van der Waals surface area contributed by atoms with Crippen LogP contribution in [0.3, 0.4) is 0 Å². The number of alkyl halides is 3. The Kier molecular flexibility index (Phi) is 5.11. The van der Waals surface area contributed by atoms with Crippen LogP contribution in [0.15, 0.2) is 30.3 Å². The summed E-state index contributed by atoms with van der Waals surface area (Å²) in [5.74, 6) is 1.38. The molecule has 1 aliphatic rings. The minimum Gasteiger partial charge on any atom is -0.406 e. The fraction of sp³-hybridized carbons (Fsp3) is 0.444. The van der Waals surface area contributed by atoms with Crippen LogP contribution in [0.4, 0.5) is 19.0 Å². The van der Waals surface area contributed by atoms with Gasteiger partial charge in [0.1, 0.15) is 17.4 Å². The molecule has 0 spiro atoms. The van der Waals surface area contributed by atoms with Crippen molar-refractivity contribution in [3.63, 3.8) is 0 Å². The van der Waals surface area contributed by atoms with E-state index in [0.717, 1.165) is 43.1 Å². The maximum atomic E-state index is 12.3. The Morgan fingerprint density at radius 2 is 1.72 bits per heavy atom. The van der Waals surface area contributed by atoms with E-state index in [1.54, 1.807) is 12.1 Å². The van der Waals surface area contributed by atoms with Gasteiger partial charge in [0.15, 0.2) is 0 Å². The standard InChI is InChI=1S/C18H20F3N3O/c1-2-16-22-15(12-17(23-16)24-10-4-3-5-11-24)13-6-8-14(9-7-13)25-18(19,20)21/h6-9,12H,2-5,10-11H2,1H3. The van der Waals surface area contributed by atoms with E-state index in [2.05, 4.69) is 19.6 Å². The van der Waals surface area contributed by atoms with Crippen molar-refractivity contribution in [2.75, 3.05) is 18.0 Å². The molecule has 0 atom stereocenters. The van der Waals surface area contributed by atoms with Crippen LogP contribution in [0, 0.1) is 0 Å². The van der Waals surface area contributed by atoms with Gasteiger partial charge in [-0.1, -0.05) is 6.92 Å². The highest BCUT2D eigenvalue weighted by Gasteiger charge is 2.31. The molecule has 0 amide bonds. The molecule has 4 nitrogen and oxygen atoms in total. The lowest BCUT2D eigenvalue weighted by Crippen LogP contribution is -2.30. The fourth-order valence-electron chi connectivity index (χ4n) is 2.90. The Labute approximate surface area is 144 Å². The van der Waals surface area contributed by atoms with Gasteiger partial charge >= 0.3 is 6.36 Å². The molecule has 0 aliphatic carbocycles. The zero-order valence-electron chi connectivity index (χ0n) is 14.0. The number of ether oxygens (including phenoxy) is 1. The highest BCUT2D eigenvalue weighted by atomic mass is 19.4. The molecule has 0 bridgehead atoms. The van der Waals surface area contributed by atoms with Crippen LogP contribution < -0.4 is 9.64 Å². The lowest BCUT2D eigenvalue weighted by atomic mass is 10.1. The molecule has 0 saturated carbocycles. The minimum atomic E-state index is -4.69. The van der Waals surface area contributed by atoms with E-state index in [1.807, 2.05) is 13.0 Å². The van der Waals surface area contributed by atoms with E-state index in [4.69, 9.17) is 0 Å². The third-order valence-electron chi connectivity index (χ3n) is 4.14. The molecule has 1 aliphatic heterocycles. The zero-order valence-corrected chi connectivity index (χ0v) is 14.0. The Bertz CT molecular complexity index is 710. The molecule has 0 N–H and O–H groups in total. The SMILES string of the molecule is CCc1nc(-c2ccc(OC(F)(F)F)cc2)cc(N2CCCCC2)n1. The van der Waals surface area contributed by atoms with Gasteiger partial charge in [0, 0.05) is 31.1 Å². The average molecular weight is 351 g/mol. The third-order valence-corrected chi connectivity index (χ3v) is 4.14.